The summed E-state index contributed by atoms with van der Waals surface area (Å²) >= 11 is 5.76. The van der Waals surface area contributed by atoms with Gasteiger partial charge in [-0.05, 0) is 29.0 Å². The van der Waals surface area contributed by atoms with Crippen LogP contribution in [-0.2, 0) is 5.88 Å². The summed E-state index contributed by atoms with van der Waals surface area (Å²) in [7, 11) is 0. The fourth-order valence-electron chi connectivity index (χ4n) is 1.41. The Hall–Kier alpha value is -1.02. The van der Waals surface area contributed by atoms with Gasteiger partial charge in [-0.25, -0.2) is 0 Å². The van der Waals surface area contributed by atoms with Crippen molar-refractivity contribution in [1.82, 2.24) is 5.32 Å². The molecule has 0 saturated heterocycles. The molecule has 0 aromatic heterocycles. The van der Waals surface area contributed by atoms with Crippen molar-refractivity contribution in [1.29, 1.82) is 0 Å². The van der Waals surface area contributed by atoms with Gasteiger partial charge < -0.3 is 5.32 Å². The van der Waals surface area contributed by atoms with Gasteiger partial charge in [0.2, 0.25) is 0 Å². The number of halogens is 1. The van der Waals surface area contributed by atoms with E-state index in [1.165, 1.54) is 0 Å². The summed E-state index contributed by atoms with van der Waals surface area (Å²) in [6.45, 7) is 9.33. The molecule has 0 aliphatic heterocycles. The van der Waals surface area contributed by atoms with Crippen LogP contribution < -0.4 is 5.32 Å². The van der Waals surface area contributed by atoms with Crippen LogP contribution in [0.4, 0.5) is 0 Å². The second kappa shape index (κ2) is 6.24. The van der Waals surface area contributed by atoms with E-state index in [2.05, 4.69) is 33.0 Å². The van der Waals surface area contributed by atoms with E-state index in [0.29, 0.717) is 23.9 Å². The molecule has 100 valence electrons. The third-order valence-electron chi connectivity index (χ3n) is 3.61. The third-order valence-corrected chi connectivity index (χ3v) is 3.92. The number of alkyl halides is 1. The van der Waals surface area contributed by atoms with Gasteiger partial charge in [-0.2, -0.15) is 0 Å². The van der Waals surface area contributed by atoms with Crippen molar-refractivity contribution in [3.8, 4) is 0 Å². The molecule has 0 spiro atoms. The highest BCUT2D eigenvalue weighted by Gasteiger charge is 2.23. The first-order valence-corrected chi connectivity index (χ1v) is 6.83. The highest BCUT2D eigenvalue weighted by molar-refractivity contribution is 6.17. The van der Waals surface area contributed by atoms with Crippen LogP contribution in [0.15, 0.2) is 24.3 Å². The van der Waals surface area contributed by atoms with E-state index in [1.54, 1.807) is 0 Å². The zero-order valence-electron chi connectivity index (χ0n) is 11.6. The molecule has 0 aliphatic carbocycles. The first-order chi connectivity index (χ1) is 8.36. The van der Waals surface area contributed by atoms with Crippen LogP contribution >= 0.6 is 11.6 Å². The topological polar surface area (TPSA) is 29.1 Å². The number of carbonyl (C=O) groups is 1. The molecule has 0 saturated carbocycles. The maximum atomic E-state index is 12.0. The van der Waals surface area contributed by atoms with Gasteiger partial charge >= 0.3 is 0 Å². The summed E-state index contributed by atoms with van der Waals surface area (Å²) in [5.41, 5.74) is 1.74. The fourth-order valence-corrected chi connectivity index (χ4v) is 1.58. The van der Waals surface area contributed by atoms with E-state index < -0.39 is 0 Å². The first-order valence-electron chi connectivity index (χ1n) is 6.30. The number of hydrogen-bond acceptors (Lipinski definition) is 1. The molecule has 1 rings (SSSR count). The highest BCUT2D eigenvalue weighted by atomic mass is 35.5. The average Bonchev–Trinajstić information content (AvgIpc) is 2.36. The molecule has 0 bridgehead atoms. The summed E-state index contributed by atoms with van der Waals surface area (Å²) in [6.07, 6.45) is 0. The fraction of sp³-hybridized carbons (Fsp3) is 0.533. The van der Waals surface area contributed by atoms with E-state index >= 15 is 0 Å². The summed E-state index contributed by atoms with van der Waals surface area (Å²) in [4.78, 5) is 12.0. The molecule has 0 fully saturated rings. The van der Waals surface area contributed by atoms with Crippen LogP contribution in [0.1, 0.15) is 43.6 Å². The lowest BCUT2D eigenvalue weighted by atomic mass is 9.81. The van der Waals surface area contributed by atoms with E-state index in [-0.39, 0.29) is 11.3 Å². The lowest BCUT2D eigenvalue weighted by molar-refractivity contribution is 0.0924. The van der Waals surface area contributed by atoms with Crippen molar-refractivity contribution in [2.24, 2.45) is 11.3 Å². The Morgan fingerprint density at radius 1 is 1.39 bits per heavy atom. The number of nitrogens with one attached hydrogen (secondary N) is 1. The number of amides is 1. The molecule has 0 aliphatic rings. The molecule has 18 heavy (non-hydrogen) atoms. The lowest BCUT2D eigenvalue weighted by Gasteiger charge is -2.29. The molecule has 3 heteroatoms. The van der Waals surface area contributed by atoms with Crippen molar-refractivity contribution in [3.05, 3.63) is 35.4 Å². The van der Waals surface area contributed by atoms with Gasteiger partial charge in [0.1, 0.15) is 0 Å². The quantitative estimate of drug-likeness (QED) is 0.807. The van der Waals surface area contributed by atoms with Crippen LogP contribution in [0.3, 0.4) is 0 Å². The maximum absolute atomic E-state index is 12.0. The molecular formula is C15H22ClNO. The Morgan fingerprint density at radius 3 is 2.61 bits per heavy atom. The van der Waals surface area contributed by atoms with Gasteiger partial charge in [0.05, 0.1) is 0 Å². The largest absolute Gasteiger partial charge is 0.351 e. The average molecular weight is 268 g/mol. The standard InChI is InChI=1S/C15H22ClNO/c1-11(2)15(3,4)10-17-14(18)13-7-5-6-12(8-13)9-16/h5-8,11H,9-10H2,1-4H3,(H,17,18). The molecule has 1 amide bonds. The minimum absolute atomic E-state index is 0.0318. The molecule has 0 heterocycles. The van der Waals surface area contributed by atoms with Gasteiger partial charge in [-0.3, -0.25) is 4.79 Å². The van der Waals surface area contributed by atoms with E-state index in [0.717, 1.165) is 5.56 Å². The number of benzene rings is 1. The van der Waals surface area contributed by atoms with Gasteiger partial charge in [-0.1, -0.05) is 39.8 Å². The number of carbonyl (C=O) groups excluding carboxylic acids is 1. The minimum atomic E-state index is -0.0318. The zero-order valence-corrected chi connectivity index (χ0v) is 12.3. The van der Waals surface area contributed by atoms with Gasteiger partial charge in [0, 0.05) is 18.0 Å². The van der Waals surface area contributed by atoms with Crippen molar-refractivity contribution < 1.29 is 4.79 Å². The minimum Gasteiger partial charge on any atom is -0.351 e. The summed E-state index contributed by atoms with van der Waals surface area (Å²) in [6, 6.07) is 7.43. The third kappa shape index (κ3) is 4.02. The molecule has 1 N–H and O–H groups in total. The van der Waals surface area contributed by atoms with E-state index in [4.69, 9.17) is 11.6 Å². The van der Waals surface area contributed by atoms with Gasteiger partial charge in [0.25, 0.3) is 5.91 Å². The summed E-state index contributed by atoms with van der Waals surface area (Å²) in [5, 5.41) is 2.99. The first kappa shape index (κ1) is 15.0. The number of hydrogen-bond donors (Lipinski definition) is 1. The summed E-state index contributed by atoms with van der Waals surface area (Å²) < 4.78 is 0. The number of rotatable bonds is 5. The SMILES string of the molecule is CC(C)C(C)(C)CNC(=O)c1cccc(CCl)c1. The van der Waals surface area contributed by atoms with Crippen LogP contribution in [0.2, 0.25) is 0 Å². The molecular weight excluding hydrogens is 246 g/mol. The van der Waals surface area contributed by atoms with E-state index in [1.807, 2.05) is 24.3 Å². The molecule has 1 aromatic carbocycles. The highest BCUT2D eigenvalue weighted by Crippen LogP contribution is 2.24. The lowest BCUT2D eigenvalue weighted by Crippen LogP contribution is -2.36. The second-order valence-electron chi connectivity index (χ2n) is 5.66. The van der Waals surface area contributed by atoms with Crippen LogP contribution in [0.25, 0.3) is 0 Å². The molecule has 1 aromatic rings. The maximum Gasteiger partial charge on any atom is 0.251 e. The van der Waals surface area contributed by atoms with Crippen LogP contribution in [0.5, 0.6) is 0 Å². The van der Waals surface area contributed by atoms with Crippen molar-refractivity contribution >= 4 is 17.5 Å². The zero-order chi connectivity index (χ0) is 13.8. The predicted molar refractivity (Wildman–Crippen MR) is 77.0 cm³/mol. The van der Waals surface area contributed by atoms with Crippen molar-refractivity contribution in [2.45, 2.75) is 33.6 Å². The van der Waals surface area contributed by atoms with Crippen LogP contribution in [-0.4, -0.2) is 12.5 Å². The Balaban J connectivity index is 2.66. The van der Waals surface area contributed by atoms with Crippen molar-refractivity contribution in [2.75, 3.05) is 6.54 Å². The molecule has 0 radical (unpaired) electrons. The molecule has 0 atom stereocenters. The Morgan fingerprint density at radius 2 is 2.06 bits per heavy atom. The second-order valence-corrected chi connectivity index (χ2v) is 5.93. The Kier molecular flexibility index (Phi) is 5.21. The van der Waals surface area contributed by atoms with Crippen LogP contribution in [0, 0.1) is 11.3 Å². The van der Waals surface area contributed by atoms with E-state index in [9.17, 15) is 4.79 Å². The van der Waals surface area contributed by atoms with Gasteiger partial charge in [-0.15, -0.1) is 11.6 Å². The molecule has 2 nitrogen and oxygen atoms in total. The Labute approximate surface area is 115 Å². The molecule has 0 unspecified atom stereocenters. The Bertz CT molecular complexity index is 413. The normalized spacial score (nSPS) is 11.7. The predicted octanol–water partition coefficient (Wildman–Crippen LogP) is 3.84. The summed E-state index contributed by atoms with van der Waals surface area (Å²) in [5.74, 6) is 0.918. The monoisotopic (exact) mass is 267 g/mol. The van der Waals surface area contributed by atoms with Crippen molar-refractivity contribution in [3.63, 3.8) is 0 Å². The van der Waals surface area contributed by atoms with Gasteiger partial charge in [0.15, 0.2) is 0 Å². The smallest absolute Gasteiger partial charge is 0.251 e.